The summed E-state index contributed by atoms with van der Waals surface area (Å²) in [6, 6.07) is 8.26. The van der Waals surface area contributed by atoms with Crippen molar-refractivity contribution >= 4 is 27.5 Å². The van der Waals surface area contributed by atoms with Gasteiger partial charge in [-0.05, 0) is 42.3 Å². The molecule has 0 radical (unpaired) electrons. The zero-order chi connectivity index (χ0) is 14.7. The molecule has 0 aliphatic rings. The van der Waals surface area contributed by atoms with Crippen molar-refractivity contribution < 1.29 is 8.78 Å². The van der Waals surface area contributed by atoms with Crippen LogP contribution in [0, 0.1) is 11.6 Å². The fraction of sp³-hybridized carbons (Fsp3) is 0.143. The minimum Gasteiger partial charge on any atom is -0.271 e. The first kappa shape index (κ1) is 15.4. The van der Waals surface area contributed by atoms with Crippen molar-refractivity contribution in [2.24, 2.45) is 5.84 Å². The smallest absolute Gasteiger partial charge is 0.129 e. The normalized spacial score (nSPS) is 12.4. The van der Waals surface area contributed by atoms with Crippen LogP contribution in [0.5, 0.6) is 0 Å². The fourth-order valence-electron chi connectivity index (χ4n) is 1.96. The molecule has 0 aliphatic carbocycles. The topological polar surface area (TPSA) is 38.0 Å². The molecule has 6 heteroatoms. The van der Waals surface area contributed by atoms with Crippen LogP contribution in [-0.4, -0.2) is 0 Å². The van der Waals surface area contributed by atoms with Gasteiger partial charge in [0.25, 0.3) is 0 Å². The number of halogens is 4. The Bertz CT molecular complexity index is 622. The van der Waals surface area contributed by atoms with Gasteiger partial charge in [-0.25, -0.2) is 8.78 Å². The van der Waals surface area contributed by atoms with E-state index in [1.807, 2.05) is 0 Å². The summed E-state index contributed by atoms with van der Waals surface area (Å²) in [6.07, 6.45) is 0.283. The number of hydrazine groups is 1. The van der Waals surface area contributed by atoms with E-state index in [-0.39, 0.29) is 6.42 Å². The highest BCUT2D eigenvalue weighted by Gasteiger charge is 2.17. The molecule has 0 fully saturated rings. The summed E-state index contributed by atoms with van der Waals surface area (Å²) in [7, 11) is 0. The van der Waals surface area contributed by atoms with E-state index < -0.39 is 17.7 Å². The Labute approximate surface area is 129 Å². The highest BCUT2D eigenvalue weighted by atomic mass is 79.9. The van der Waals surface area contributed by atoms with Crippen LogP contribution in [0.4, 0.5) is 8.78 Å². The van der Waals surface area contributed by atoms with Crippen molar-refractivity contribution in [2.45, 2.75) is 12.5 Å². The molecule has 0 saturated heterocycles. The maximum Gasteiger partial charge on any atom is 0.129 e. The maximum atomic E-state index is 13.9. The average molecular weight is 362 g/mol. The van der Waals surface area contributed by atoms with E-state index in [0.717, 1.165) is 0 Å². The lowest BCUT2D eigenvalue weighted by atomic mass is 9.99. The van der Waals surface area contributed by atoms with Gasteiger partial charge in [0, 0.05) is 15.1 Å². The van der Waals surface area contributed by atoms with E-state index in [1.165, 1.54) is 24.3 Å². The summed E-state index contributed by atoms with van der Waals surface area (Å²) in [5.74, 6) is 4.70. The lowest BCUT2D eigenvalue weighted by Gasteiger charge is -2.18. The molecule has 106 valence electrons. The molecule has 0 aliphatic heterocycles. The first-order chi connectivity index (χ1) is 9.51. The van der Waals surface area contributed by atoms with Crippen molar-refractivity contribution in [2.75, 3.05) is 0 Å². The van der Waals surface area contributed by atoms with E-state index in [2.05, 4.69) is 21.4 Å². The van der Waals surface area contributed by atoms with Gasteiger partial charge in [-0.1, -0.05) is 33.6 Å². The monoisotopic (exact) mass is 360 g/mol. The van der Waals surface area contributed by atoms with E-state index >= 15 is 0 Å². The largest absolute Gasteiger partial charge is 0.271 e. The molecule has 0 saturated carbocycles. The molecule has 1 unspecified atom stereocenters. The van der Waals surface area contributed by atoms with E-state index in [1.54, 1.807) is 12.1 Å². The number of hydrogen-bond acceptors (Lipinski definition) is 2. The second kappa shape index (κ2) is 6.63. The Hall–Kier alpha value is -1.01. The van der Waals surface area contributed by atoms with Gasteiger partial charge in [-0.3, -0.25) is 11.3 Å². The molecule has 1 atom stereocenters. The van der Waals surface area contributed by atoms with Crippen molar-refractivity contribution in [3.8, 4) is 0 Å². The molecular weight excluding hydrogens is 350 g/mol. The first-order valence-electron chi connectivity index (χ1n) is 5.86. The lowest BCUT2D eigenvalue weighted by molar-refractivity contribution is 0.509. The molecule has 2 nitrogen and oxygen atoms in total. The molecule has 0 heterocycles. The van der Waals surface area contributed by atoms with Crippen LogP contribution in [0.15, 0.2) is 40.9 Å². The standard InChI is InChI=1S/C14H12BrClF2N2/c15-9-1-3-11(13(18)7-9)14(20-19)6-8-5-10(17)2-4-12(8)16/h1-5,7,14,20H,6,19H2. The van der Waals surface area contributed by atoms with Crippen LogP contribution in [0.1, 0.15) is 17.2 Å². The predicted molar refractivity (Wildman–Crippen MR) is 79.3 cm³/mol. The second-order valence-electron chi connectivity index (χ2n) is 4.32. The van der Waals surface area contributed by atoms with Crippen LogP contribution in [-0.2, 0) is 6.42 Å². The Morgan fingerprint density at radius 2 is 1.95 bits per heavy atom. The number of rotatable bonds is 4. The zero-order valence-corrected chi connectivity index (χ0v) is 12.7. The molecule has 0 aromatic heterocycles. The third kappa shape index (κ3) is 3.55. The summed E-state index contributed by atoms with van der Waals surface area (Å²) in [6.45, 7) is 0. The van der Waals surface area contributed by atoms with Crippen LogP contribution in [0.25, 0.3) is 0 Å². The number of nitrogens with two attached hydrogens (primary N) is 1. The lowest BCUT2D eigenvalue weighted by Crippen LogP contribution is -2.30. The summed E-state index contributed by atoms with van der Waals surface area (Å²) >= 11 is 9.21. The van der Waals surface area contributed by atoms with Gasteiger partial charge in [-0.15, -0.1) is 0 Å². The Balaban J connectivity index is 2.31. The van der Waals surface area contributed by atoms with Gasteiger partial charge in [0.05, 0.1) is 6.04 Å². The Kier molecular flexibility index (Phi) is 5.10. The SMILES string of the molecule is NNC(Cc1cc(F)ccc1Cl)c1ccc(Br)cc1F. The number of hydrogen-bond donors (Lipinski definition) is 2. The Morgan fingerprint density at radius 1 is 1.20 bits per heavy atom. The summed E-state index contributed by atoms with van der Waals surface area (Å²) in [4.78, 5) is 0. The van der Waals surface area contributed by atoms with Gasteiger partial charge in [0.1, 0.15) is 11.6 Å². The summed E-state index contributed by atoms with van der Waals surface area (Å²) < 4.78 is 27.8. The third-order valence-electron chi connectivity index (χ3n) is 2.97. The molecule has 0 bridgehead atoms. The van der Waals surface area contributed by atoms with Crippen molar-refractivity contribution in [1.29, 1.82) is 0 Å². The molecule has 0 spiro atoms. The molecule has 0 amide bonds. The van der Waals surface area contributed by atoms with Gasteiger partial charge in [-0.2, -0.15) is 0 Å². The maximum absolute atomic E-state index is 13.9. The molecular formula is C14H12BrClF2N2. The van der Waals surface area contributed by atoms with Gasteiger partial charge in [0.15, 0.2) is 0 Å². The fourth-order valence-corrected chi connectivity index (χ4v) is 2.49. The van der Waals surface area contributed by atoms with Gasteiger partial charge < -0.3 is 0 Å². The molecule has 2 rings (SSSR count). The van der Waals surface area contributed by atoms with Crippen LogP contribution >= 0.6 is 27.5 Å². The quantitative estimate of drug-likeness (QED) is 0.635. The van der Waals surface area contributed by atoms with Crippen molar-refractivity contribution in [3.63, 3.8) is 0 Å². The van der Waals surface area contributed by atoms with E-state index in [0.29, 0.717) is 20.6 Å². The first-order valence-corrected chi connectivity index (χ1v) is 7.03. The van der Waals surface area contributed by atoms with Crippen LogP contribution in [0.2, 0.25) is 5.02 Å². The molecule has 2 aromatic carbocycles. The third-order valence-corrected chi connectivity index (χ3v) is 3.83. The molecule has 3 N–H and O–H groups in total. The Morgan fingerprint density at radius 3 is 2.60 bits per heavy atom. The van der Waals surface area contributed by atoms with Crippen LogP contribution in [0.3, 0.4) is 0 Å². The van der Waals surface area contributed by atoms with Crippen LogP contribution < -0.4 is 11.3 Å². The summed E-state index contributed by atoms with van der Waals surface area (Å²) in [5, 5.41) is 0.421. The van der Waals surface area contributed by atoms with Gasteiger partial charge >= 0.3 is 0 Å². The van der Waals surface area contributed by atoms with Crippen molar-refractivity contribution in [1.82, 2.24) is 5.43 Å². The predicted octanol–water partition coefficient (Wildman–Crippen LogP) is 4.13. The average Bonchev–Trinajstić information content (AvgIpc) is 2.40. The minimum absolute atomic E-state index is 0.283. The highest BCUT2D eigenvalue weighted by Crippen LogP contribution is 2.26. The molecule has 2 aromatic rings. The van der Waals surface area contributed by atoms with Gasteiger partial charge in [0.2, 0.25) is 0 Å². The summed E-state index contributed by atoms with van der Waals surface area (Å²) in [5.41, 5.74) is 3.50. The second-order valence-corrected chi connectivity index (χ2v) is 5.65. The van der Waals surface area contributed by atoms with E-state index in [9.17, 15) is 8.78 Å². The number of nitrogens with one attached hydrogen (secondary N) is 1. The van der Waals surface area contributed by atoms with E-state index in [4.69, 9.17) is 17.4 Å². The highest BCUT2D eigenvalue weighted by molar-refractivity contribution is 9.10. The zero-order valence-electron chi connectivity index (χ0n) is 10.3. The number of benzene rings is 2. The molecule has 20 heavy (non-hydrogen) atoms. The van der Waals surface area contributed by atoms with Crippen molar-refractivity contribution in [3.05, 3.63) is 68.7 Å². The minimum atomic E-state index is -0.498.